The first-order valence-electron chi connectivity index (χ1n) is 5.65. The lowest BCUT2D eigenvalue weighted by Gasteiger charge is -2.24. The maximum Gasteiger partial charge on any atom is 0.0229 e. The molecular formula is C11H26N2. The molecule has 0 spiro atoms. The predicted molar refractivity (Wildman–Crippen MR) is 60.1 cm³/mol. The van der Waals surface area contributed by atoms with Crippen LogP contribution in [0.3, 0.4) is 0 Å². The molecule has 1 rings (SSSR count). The summed E-state index contributed by atoms with van der Waals surface area (Å²) in [7, 11) is 2.26. The maximum atomic E-state index is 3.41. The zero-order chi connectivity index (χ0) is 9.68. The van der Waals surface area contributed by atoms with Crippen LogP contribution in [0, 0.1) is 5.92 Å². The second-order valence-corrected chi connectivity index (χ2v) is 4.43. The van der Waals surface area contributed by atoms with Crippen LogP contribution >= 0.6 is 0 Å². The van der Waals surface area contributed by atoms with Crippen molar-refractivity contribution in [3.63, 3.8) is 0 Å². The van der Waals surface area contributed by atoms with E-state index in [9.17, 15) is 0 Å². The highest BCUT2D eigenvalue weighted by molar-refractivity contribution is 4.78. The number of nitrogens with one attached hydrogen (secondary N) is 1. The van der Waals surface area contributed by atoms with E-state index in [1.807, 2.05) is 0 Å². The fourth-order valence-corrected chi connectivity index (χ4v) is 1.83. The van der Waals surface area contributed by atoms with Crippen LogP contribution < -0.4 is 5.32 Å². The molecule has 13 heavy (non-hydrogen) atoms. The molecule has 1 N–H and O–H groups in total. The zero-order valence-electron chi connectivity index (χ0n) is 9.34. The summed E-state index contributed by atoms with van der Waals surface area (Å²) in [5, 5.41) is 3.41. The van der Waals surface area contributed by atoms with Crippen molar-refractivity contribution < 1.29 is 1.43 Å². The fourth-order valence-electron chi connectivity index (χ4n) is 1.83. The molecule has 0 radical (unpaired) electrons. The lowest BCUT2D eigenvalue weighted by molar-refractivity contribution is 0.239. The molecule has 1 aliphatic heterocycles. The van der Waals surface area contributed by atoms with Crippen molar-refractivity contribution in [2.45, 2.75) is 39.2 Å². The van der Waals surface area contributed by atoms with E-state index >= 15 is 0 Å². The molecule has 2 nitrogen and oxygen atoms in total. The number of rotatable bonds is 5. The Hall–Kier alpha value is -0.0800. The molecule has 0 amide bonds. The van der Waals surface area contributed by atoms with E-state index in [4.69, 9.17) is 0 Å². The van der Waals surface area contributed by atoms with Gasteiger partial charge in [-0.05, 0) is 38.9 Å². The first-order chi connectivity index (χ1) is 6.24. The second-order valence-electron chi connectivity index (χ2n) is 4.43. The van der Waals surface area contributed by atoms with E-state index in [-0.39, 0.29) is 1.43 Å². The molecule has 1 saturated heterocycles. The van der Waals surface area contributed by atoms with E-state index in [0.29, 0.717) is 0 Å². The van der Waals surface area contributed by atoms with Crippen molar-refractivity contribution >= 4 is 0 Å². The van der Waals surface area contributed by atoms with Crippen LogP contribution in [0.25, 0.3) is 0 Å². The van der Waals surface area contributed by atoms with Gasteiger partial charge in [0.1, 0.15) is 0 Å². The second kappa shape index (κ2) is 5.61. The Bertz CT molecular complexity index is 135. The highest BCUT2D eigenvalue weighted by Crippen LogP contribution is 2.11. The summed E-state index contributed by atoms with van der Waals surface area (Å²) >= 11 is 0. The Balaban J connectivity index is 0.00000169. The minimum atomic E-state index is 0. The van der Waals surface area contributed by atoms with Crippen molar-refractivity contribution in [3.05, 3.63) is 0 Å². The van der Waals surface area contributed by atoms with Gasteiger partial charge in [0.05, 0.1) is 0 Å². The highest BCUT2D eigenvalue weighted by Gasteiger charge is 2.18. The summed E-state index contributed by atoms with van der Waals surface area (Å²) in [6.45, 7) is 8.29. The van der Waals surface area contributed by atoms with Gasteiger partial charge in [-0.25, -0.2) is 0 Å². The van der Waals surface area contributed by atoms with Gasteiger partial charge in [0, 0.05) is 14.0 Å². The first kappa shape index (κ1) is 11.0. The van der Waals surface area contributed by atoms with Crippen LogP contribution in [-0.4, -0.2) is 37.6 Å². The molecule has 0 aromatic rings. The van der Waals surface area contributed by atoms with Crippen molar-refractivity contribution in [1.29, 1.82) is 0 Å². The molecule has 0 saturated carbocycles. The molecule has 2 atom stereocenters. The molecule has 2 unspecified atom stereocenters. The number of likely N-dealkylation sites (N-methyl/N-ethyl adjacent to an activating group) is 1. The Morgan fingerprint density at radius 2 is 2.38 bits per heavy atom. The first-order valence-corrected chi connectivity index (χ1v) is 5.65. The standard InChI is InChI=1S/C11H24N2.H2/c1-4-10(2)6-8-13(3)11-5-7-12-9-11;/h10-12H,4-9H2,1-3H3;1H. The topological polar surface area (TPSA) is 15.3 Å². The van der Waals surface area contributed by atoms with Crippen LogP contribution in [-0.2, 0) is 0 Å². The molecule has 0 aromatic heterocycles. The molecule has 2 heteroatoms. The van der Waals surface area contributed by atoms with Crippen LogP contribution in [0.15, 0.2) is 0 Å². The lowest BCUT2D eigenvalue weighted by atomic mass is 10.0. The normalized spacial score (nSPS) is 25.4. The Labute approximate surface area is 84.2 Å². The third-order valence-corrected chi connectivity index (χ3v) is 3.33. The molecule has 80 valence electrons. The quantitative estimate of drug-likeness (QED) is 0.706. The van der Waals surface area contributed by atoms with Crippen molar-refractivity contribution in [1.82, 2.24) is 10.2 Å². The van der Waals surface area contributed by atoms with Gasteiger partial charge < -0.3 is 10.2 Å². The number of hydrogen-bond acceptors (Lipinski definition) is 2. The minimum Gasteiger partial charge on any atom is -0.315 e. The average Bonchev–Trinajstić information content (AvgIpc) is 2.66. The third kappa shape index (κ3) is 3.65. The fraction of sp³-hybridized carbons (Fsp3) is 1.00. The van der Waals surface area contributed by atoms with Crippen molar-refractivity contribution in [3.8, 4) is 0 Å². The Morgan fingerprint density at radius 3 is 2.92 bits per heavy atom. The zero-order valence-corrected chi connectivity index (χ0v) is 9.34. The van der Waals surface area contributed by atoms with Gasteiger partial charge in [-0.1, -0.05) is 20.3 Å². The average molecular weight is 186 g/mol. The van der Waals surface area contributed by atoms with Crippen LogP contribution in [0.5, 0.6) is 0 Å². The van der Waals surface area contributed by atoms with E-state index in [1.165, 1.54) is 38.9 Å². The summed E-state index contributed by atoms with van der Waals surface area (Å²) in [5.41, 5.74) is 0. The predicted octanol–water partition coefficient (Wildman–Crippen LogP) is 1.96. The van der Waals surface area contributed by atoms with Crippen molar-refractivity contribution in [2.24, 2.45) is 5.92 Å². The van der Waals surface area contributed by atoms with Crippen LogP contribution in [0.4, 0.5) is 0 Å². The lowest BCUT2D eigenvalue weighted by Crippen LogP contribution is -2.34. The molecule has 1 heterocycles. The van der Waals surface area contributed by atoms with E-state index in [1.54, 1.807) is 0 Å². The van der Waals surface area contributed by atoms with Crippen LogP contribution in [0.2, 0.25) is 0 Å². The highest BCUT2D eigenvalue weighted by atomic mass is 15.2. The molecule has 0 bridgehead atoms. The molecule has 1 fully saturated rings. The molecule has 1 aliphatic rings. The number of hydrogen-bond donors (Lipinski definition) is 1. The molecular weight excluding hydrogens is 160 g/mol. The largest absolute Gasteiger partial charge is 0.315 e. The van der Waals surface area contributed by atoms with Gasteiger partial charge in [0.15, 0.2) is 0 Å². The SMILES string of the molecule is CCC(C)CCN(C)C1CCNC1.[HH]. The van der Waals surface area contributed by atoms with E-state index < -0.39 is 0 Å². The summed E-state index contributed by atoms with van der Waals surface area (Å²) in [5.74, 6) is 0.886. The van der Waals surface area contributed by atoms with Gasteiger partial charge in [-0.3, -0.25) is 0 Å². The third-order valence-electron chi connectivity index (χ3n) is 3.33. The summed E-state index contributed by atoms with van der Waals surface area (Å²) in [6.07, 6.45) is 4.00. The van der Waals surface area contributed by atoms with E-state index in [0.717, 1.165) is 12.0 Å². The van der Waals surface area contributed by atoms with Crippen molar-refractivity contribution in [2.75, 3.05) is 26.7 Å². The van der Waals surface area contributed by atoms with Crippen LogP contribution in [0.1, 0.15) is 34.5 Å². The Kier molecular flexibility index (Phi) is 4.74. The Morgan fingerprint density at radius 1 is 1.62 bits per heavy atom. The van der Waals surface area contributed by atoms with Gasteiger partial charge >= 0.3 is 0 Å². The minimum absolute atomic E-state index is 0. The smallest absolute Gasteiger partial charge is 0.0229 e. The molecule has 0 aromatic carbocycles. The van der Waals surface area contributed by atoms with Gasteiger partial charge in [-0.2, -0.15) is 0 Å². The molecule has 0 aliphatic carbocycles. The van der Waals surface area contributed by atoms with Gasteiger partial charge in [0.25, 0.3) is 0 Å². The van der Waals surface area contributed by atoms with Gasteiger partial charge in [0.2, 0.25) is 0 Å². The summed E-state index contributed by atoms with van der Waals surface area (Å²) in [4.78, 5) is 2.52. The van der Waals surface area contributed by atoms with E-state index in [2.05, 4.69) is 31.1 Å². The monoisotopic (exact) mass is 186 g/mol. The number of nitrogens with zero attached hydrogens (tertiary/aromatic N) is 1. The summed E-state index contributed by atoms with van der Waals surface area (Å²) in [6, 6.07) is 0.795. The maximum absolute atomic E-state index is 3.41. The van der Waals surface area contributed by atoms with Gasteiger partial charge in [-0.15, -0.1) is 0 Å². The summed E-state index contributed by atoms with van der Waals surface area (Å²) < 4.78 is 0.